The maximum Gasteiger partial charge on any atom is 0.241 e. The molecule has 1 N–H and O–H groups in total. The van der Waals surface area contributed by atoms with Crippen LogP contribution >= 0.6 is 11.6 Å². The van der Waals surface area contributed by atoms with Gasteiger partial charge in [0.25, 0.3) is 0 Å². The van der Waals surface area contributed by atoms with Crippen molar-refractivity contribution < 1.29 is 4.79 Å². The van der Waals surface area contributed by atoms with E-state index in [9.17, 15) is 4.79 Å². The lowest BCUT2D eigenvalue weighted by Gasteiger charge is -2.24. The number of carbonyl (C=O) groups is 1. The molecule has 0 fully saturated rings. The van der Waals surface area contributed by atoms with Crippen molar-refractivity contribution in [3.05, 3.63) is 64.7 Å². The van der Waals surface area contributed by atoms with Gasteiger partial charge in [0.1, 0.15) is 0 Å². The van der Waals surface area contributed by atoms with Gasteiger partial charge in [-0.2, -0.15) is 0 Å². The molecule has 0 radical (unpaired) electrons. The highest BCUT2D eigenvalue weighted by Gasteiger charge is 2.18. The molecule has 1 atom stereocenters. The molecule has 2 rings (SSSR count). The van der Waals surface area contributed by atoms with E-state index >= 15 is 0 Å². The highest BCUT2D eigenvalue weighted by molar-refractivity contribution is 6.30. The summed E-state index contributed by atoms with van der Waals surface area (Å²) in [6, 6.07) is 15.2. The number of likely N-dealkylation sites (N-methyl/N-ethyl adjacent to an activating group) is 1. The fourth-order valence-electron chi connectivity index (χ4n) is 2.21. The Hall–Kier alpha value is -1.84. The minimum Gasteiger partial charge on any atom is -0.325 e. The van der Waals surface area contributed by atoms with Crippen molar-refractivity contribution in [2.24, 2.45) is 0 Å². The van der Waals surface area contributed by atoms with Crippen molar-refractivity contribution in [2.45, 2.75) is 26.4 Å². The Kier molecular flexibility index (Phi) is 5.58. The van der Waals surface area contributed by atoms with Gasteiger partial charge in [0, 0.05) is 17.3 Å². The number of hydrogen-bond donors (Lipinski definition) is 1. The second-order valence-electron chi connectivity index (χ2n) is 5.52. The number of carbonyl (C=O) groups excluding carboxylic acids is 1. The van der Waals surface area contributed by atoms with Crippen LogP contribution in [0.15, 0.2) is 48.5 Å². The first-order valence-electron chi connectivity index (χ1n) is 7.28. The van der Waals surface area contributed by atoms with E-state index in [0.717, 1.165) is 6.54 Å². The van der Waals surface area contributed by atoms with Crippen molar-refractivity contribution in [2.75, 3.05) is 12.4 Å². The normalized spacial score (nSPS) is 12.2. The van der Waals surface area contributed by atoms with Crippen LogP contribution < -0.4 is 5.32 Å². The van der Waals surface area contributed by atoms with Crippen molar-refractivity contribution in [1.82, 2.24) is 4.90 Å². The number of aryl methyl sites for hydroxylation is 1. The molecule has 3 nitrogen and oxygen atoms in total. The van der Waals surface area contributed by atoms with Crippen LogP contribution in [0.25, 0.3) is 0 Å². The van der Waals surface area contributed by atoms with Gasteiger partial charge in [-0.25, -0.2) is 0 Å². The fraction of sp³-hybridized carbons (Fsp3) is 0.278. The van der Waals surface area contributed by atoms with E-state index in [-0.39, 0.29) is 11.9 Å². The Bertz CT molecular complexity index is 657. The Morgan fingerprint density at radius 3 is 2.64 bits per heavy atom. The molecule has 1 amide bonds. The molecule has 0 bridgehead atoms. The molecular weight excluding hydrogens is 296 g/mol. The summed E-state index contributed by atoms with van der Waals surface area (Å²) < 4.78 is 0. The van der Waals surface area contributed by atoms with Crippen LogP contribution in [0, 0.1) is 6.92 Å². The quantitative estimate of drug-likeness (QED) is 0.900. The van der Waals surface area contributed by atoms with Crippen molar-refractivity contribution in [3.63, 3.8) is 0 Å². The second-order valence-corrected chi connectivity index (χ2v) is 5.95. The lowest BCUT2D eigenvalue weighted by atomic mass is 10.1. The second kappa shape index (κ2) is 7.43. The molecule has 116 valence electrons. The van der Waals surface area contributed by atoms with Gasteiger partial charge in [0.15, 0.2) is 0 Å². The van der Waals surface area contributed by atoms with Gasteiger partial charge in [-0.1, -0.05) is 41.9 Å². The smallest absolute Gasteiger partial charge is 0.241 e. The van der Waals surface area contributed by atoms with E-state index in [1.807, 2.05) is 43.1 Å². The summed E-state index contributed by atoms with van der Waals surface area (Å²) >= 11 is 5.93. The molecule has 2 aromatic rings. The summed E-state index contributed by atoms with van der Waals surface area (Å²) in [6.45, 7) is 4.72. The van der Waals surface area contributed by atoms with Gasteiger partial charge >= 0.3 is 0 Å². The molecule has 22 heavy (non-hydrogen) atoms. The molecule has 2 aromatic carbocycles. The predicted molar refractivity (Wildman–Crippen MR) is 92.2 cm³/mol. The summed E-state index contributed by atoms with van der Waals surface area (Å²) in [5, 5.41) is 3.51. The molecule has 0 aliphatic carbocycles. The average Bonchev–Trinajstić information content (AvgIpc) is 2.48. The number of amides is 1. The number of rotatable bonds is 5. The maximum atomic E-state index is 12.3. The molecule has 0 spiro atoms. The largest absolute Gasteiger partial charge is 0.325 e. The lowest BCUT2D eigenvalue weighted by molar-refractivity contribution is -0.120. The molecule has 0 aliphatic heterocycles. The molecule has 1 unspecified atom stereocenters. The third-order valence-electron chi connectivity index (χ3n) is 3.81. The minimum atomic E-state index is -0.237. The summed E-state index contributed by atoms with van der Waals surface area (Å²) in [7, 11) is 1.95. The van der Waals surface area contributed by atoms with E-state index < -0.39 is 0 Å². The monoisotopic (exact) mass is 316 g/mol. The highest BCUT2D eigenvalue weighted by atomic mass is 35.5. The number of halogens is 1. The van der Waals surface area contributed by atoms with Gasteiger partial charge in [-0.15, -0.1) is 0 Å². The summed E-state index contributed by atoms with van der Waals surface area (Å²) in [5.74, 6) is -0.0432. The summed E-state index contributed by atoms with van der Waals surface area (Å²) in [5.41, 5.74) is 3.18. The van der Waals surface area contributed by atoms with Crippen LogP contribution in [0.1, 0.15) is 18.1 Å². The third kappa shape index (κ3) is 4.33. The molecule has 0 aliphatic rings. The maximum absolute atomic E-state index is 12.3. The average molecular weight is 317 g/mol. The van der Waals surface area contributed by atoms with Crippen LogP contribution in [0.2, 0.25) is 5.02 Å². The van der Waals surface area contributed by atoms with Crippen LogP contribution in [0.3, 0.4) is 0 Å². The molecular formula is C18H21ClN2O. The van der Waals surface area contributed by atoms with E-state index in [4.69, 9.17) is 11.6 Å². The molecule has 0 saturated carbocycles. The molecule has 0 heterocycles. The highest BCUT2D eigenvalue weighted by Crippen LogP contribution is 2.16. The Morgan fingerprint density at radius 1 is 1.23 bits per heavy atom. The van der Waals surface area contributed by atoms with E-state index in [1.165, 1.54) is 11.1 Å². The zero-order chi connectivity index (χ0) is 16.1. The van der Waals surface area contributed by atoms with Gasteiger partial charge in [-0.05, 0) is 50.2 Å². The standard InChI is InChI=1S/C18H21ClN2O/c1-13-7-4-5-8-15(13)12-21(3)14(2)18(22)20-17-10-6-9-16(19)11-17/h4-11,14H,12H2,1-3H3,(H,20,22). The van der Waals surface area contributed by atoms with E-state index in [1.54, 1.807) is 12.1 Å². The Balaban J connectivity index is 1.99. The van der Waals surface area contributed by atoms with Gasteiger partial charge < -0.3 is 5.32 Å². The number of nitrogens with zero attached hydrogens (tertiary/aromatic N) is 1. The first-order valence-corrected chi connectivity index (χ1v) is 7.66. The minimum absolute atomic E-state index is 0.0432. The topological polar surface area (TPSA) is 32.3 Å². The van der Waals surface area contributed by atoms with Crippen molar-refractivity contribution >= 4 is 23.2 Å². The number of hydrogen-bond acceptors (Lipinski definition) is 2. The number of nitrogens with one attached hydrogen (secondary N) is 1. The fourth-order valence-corrected chi connectivity index (χ4v) is 2.40. The first-order chi connectivity index (χ1) is 10.5. The third-order valence-corrected chi connectivity index (χ3v) is 4.05. The summed E-state index contributed by atoms with van der Waals surface area (Å²) in [6.07, 6.45) is 0. The van der Waals surface area contributed by atoms with Crippen molar-refractivity contribution in [3.8, 4) is 0 Å². The first kappa shape index (κ1) is 16.5. The molecule has 0 aromatic heterocycles. The Labute approximate surface area is 136 Å². The van der Waals surface area contributed by atoms with Crippen LogP contribution in [-0.2, 0) is 11.3 Å². The van der Waals surface area contributed by atoms with Crippen molar-refractivity contribution in [1.29, 1.82) is 0 Å². The van der Waals surface area contributed by atoms with Gasteiger partial charge in [0.2, 0.25) is 5.91 Å². The van der Waals surface area contributed by atoms with Gasteiger partial charge in [0.05, 0.1) is 6.04 Å². The SMILES string of the molecule is Cc1ccccc1CN(C)C(C)C(=O)Nc1cccc(Cl)c1. The van der Waals surface area contributed by atoms with Crippen LogP contribution in [0.5, 0.6) is 0 Å². The zero-order valence-electron chi connectivity index (χ0n) is 13.1. The van der Waals surface area contributed by atoms with Crippen LogP contribution in [0.4, 0.5) is 5.69 Å². The zero-order valence-corrected chi connectivity index (χ0v) is 13.9. The number of anilines is 1. The van der Waals surface area contributed by atoms with E-state index in [2.05, 4.69) is 24.4 Å². The molecule has 4 heteroatoms. The lowest BCUT2D eigenvalue weighted by Crippen LogP contribution is -2.39. The Morgan fingerprint density at radius 2 is 1.95 bits per heavy atom. The molecule has 0 saturated heterocycles. The van der Waals surface area contributed by atoms with Gasteiger partial charge in [-0.3, -0.25) is 9.69 Å². The predicted octanol–water partition coefficient (Wildman–Crippen LogP) is 4.11. The van der Waals surface area contributed by atoms with E-state index in [0.29, 0.717) is 10.7 Å². The number of benzene rings is 2. The van der Waals surface area contributed by atoms with Crippen LogP contribution in [-0.4, -0.2) is 23.9 Å². The summed E-state index contributed by atoms with van der Waals surface area (Å²) in [4.78, 5) is 14.4.